The van der Waals surface area contributed by atoms with Gasteiger partial charge in [-0.2, -0.15) is 0 Å². The molecule has 3 aromatic heterocycles. The second kappa shape index (κ2) is 8.43. The summed E-state index contributed by atoms with van der Waals surface area (Å²) >= 11 is 6.29. The monoisotopic (exact) mass is 434 g/mol. The van der Waals surface area contributed by atoms with E-state index in [0.717, 1.165) is 47.2 Å². The number of fused-ring (bicyclic) bond motifs is 2. The van der Waals surface area contributed by atoms with Crippen molar-refractivity contribution in [1.82, 2.24) is 19.5 Å². The molecule has 8 heteroatoms. The second-order valence-electron chi connectivity index (χ2n) is 7.74. The molecule has 0 fully saturated rings. The van der Waals surface area contributed by atoms with Gasteiger partial charge in [-0.3, -0.25) is 0 Å². The Kier molecular flexibility index (Phi) is 5.34. The third-order valence-corrected chi connectivity index (χ3v) is 5.96. The number of pyridine rings is 2. The van der Waals surface area contributed by atoms with Crippen LogP contribution in [0.2, 0.25) is 5.02 Å². The van der Waals surface area contributed by atoms with Gasteiger partial charge in [0.05, 0.1) is 17.5 Å². The number of hydrogen-bond acceptors (Lipinski definition) is 6. The molecule has 3 N–H and O–H groups in total. The van der Waals surface area contributed by atoms with Crippen LogP contribution in [-0.2, 0) is 13.1 Å². The van der Waals surface area contributed by atoms with Gasteiger partial charge in [-0.15, -0.1) is 0 Å². The molecule has 0 radical (unpaired) electrons. The predicted octanol–water partition coefficient (Wildman–Crippen LogP) is 4.63. The van der Waals surface area contributed by atoms with Crippen molar-refractivity contribution in [3.8, 4) is 5.88 Å². The Hall–Kier alpha value is -3.32. The first-order valence-electron chi connectivity index (χ1n) is 10.3. The Morgan fingerprint density at radius 2 is 2.06 bits per heavy atom. The number of hydrogen-bond donors (Lipinski definition) is 2. The van der Waals surface area contributed by atoms with E-state index in [-0.39, 0.29) is 0 Å². The molecular formula is C23H23ClN6O. The second-order valence-corrected chi connectivity index (χ2v) is 8.14. The highest BCUT2D eigenvalue weighted by atomic mass is 35.5. The molecule has 4 heterocycles. The highest BCUT2D eigenvalue weighted by molar-refractivity contribution is 6.35. The third-order valence-electron chi connectivity index (χ3n) is 5.66. The molecule has 0 aliphatic carbocycles. The minimum absolute atomic E-state index is 0.302. The van der Waals surface area contributed by atoms with Gasteiger partial charge in [0.15, 0.2) is 0 Å². The van der Waals surface area contributed by atoms with Crippen LogP contribution in [0.15, 0.2) is 55.1 Å². The van der Waals surface area contributed by atoms with E-state index in [1.165, 1.54) is 0 Å². The van der Waals surface area contributed by atoms with Crippen LogP contribution in [0, 0.1) is 0 Å². The maximum absolute atomic E-state index is 6.29. The molecule has 1 unspecified atom stereocenters. The molecule has 1 aliphatic rings. The number of benzene rings is 1. The van der Waals surface area contributed by atoms with E-state index in [0.29, 0.717) is 35.8 Å². The summed E-state index contributed by atoms with van der Waals surface area (Å²) in [6, 6.07) is 9.84. The molecule has 0 amide bonds. The molecule has 1 atom stereocenters. The smallest absolute Gasteiger partial charge is 0.213 e. The summed E-state index contributed by atoms with van der Waals surface area (Å²) in [4.78, 5) is 13.0. The van der Waals surface area contributed by atoms with Crippen LogP contribution >= 0.6 is 11.6 Å². The number of imidazole rings is 1. The van der Waals surface area contributed by atoms with Gasteiger partial charge in [-0.25, -0.2) is 15.0 Å². The summed E-state index contributed by atoms with van der Waals surface area (Å²) in [5, 5.41) is 5.73. The van der Waals surface area contributed by atoms with E-state index >= 15 is 0 Å². The zero-order valence-corrected chi connectivity index (χ0v) is 17.7. The molecular weight excluding hydrogens is 412 g/mol. The highest BCUT2D eigenvalue weighted by Crippen LogP contribution is 2.29. The number of nitrogens with zero attached hydrogens (tertiary/aromatic N) is 4. The summed E-state index contributed by atoms with van der Waals surface area (Å²) in [6.45, 7) is 2.25. The molecule has 31 heavy (non-hydrogen) atoms. The quantitative estimate of drug-likeness (QED) is 0.459. The molecule has 4 aromatic rings. The molecule has 0 saturated carbocycles. The number of aromatic nitrogens is 4. The molecule has 0 saturated heterocycles. The minimum Gasteiger partial charge on any atom is -0.477 e. The zero-order valence-electron chi connectivity index (χ0n) is 17.0. The van der Waals surface area contributed by atoms with Crippen molar-refractivity contribution in [1.29, 1.82) is 0 Å². The van der Waals surface area contributed by atoms with Crippen LogP contribution in [0.3, 0.4) is 0 Å². The van der Waals surface area contributed by atoms with Gasteiger partial charge in [-0.1, -0.05) is 11.6 Å². The van der Waals surface area contributed by atoms with Crippen LogP contribution in [0.1, 0.15) is 30.1 Å². The van der Waals surface area contributed by atoms with Gasteiger partial charge in [-0.05, 0) is 42.7 Å². The van der Waals surface area contributed by atoms with Crippen molar-refractivity contribution in [2.45, 2.75) is 31.8 Å². The van der Waals surface area contributed by atoms with Crippen molar-refractivity contribution < 1.29 is 4.74 Å². The largest absolute Gasteiger partial charge is 0.477 e. The first-order valence-corrected chi connectivity index (χ1v) is 10.7. The molecule has 0 spiro atoms. The lowest BCUT2D eigenvalue weighted by molar-refractivity contribution is 0.250. The Balaban J connectivity index is 1.24. The van der Waals surface area contributed by atoms with Crippen molar-refractivity contribution in [3.05, 3.63) is 71.5 Å². The first-order chi connectivity index (χ1) is 15.2. The van der Waals surface area contributed by atoms with Crippen molar-refractivity contribution in [2.75, 3.05) is 17.7 Å². The topological polar surface area (TPSA) is 90.9 Å². The van der Waals surface area contributed by atoms with E-state index in [4.69, 9.17) is 22.1 Å². The lowest BCUT2D eigenvalue weighted by atomic mass is 10.00. The Bertz CT molecular complexity index is 1220. The highest BCUT2D eigenvalue weighted by Gasteiger charge is 2.22. The lowest BCUT2D eigenvalue weighted by Crippen LogP contribution is -2.21. The van der Waals surface area contributed by atoms with Crippen molar-refractivity contribution in [3.63, 3.8) is 0 Å². The fraction of sp³-hybridized carbons (Fsp3) is 0.261. The molecule has 0 bridgehead atoms. The predicted molar refractivity (Wildman–Crippen MR) is 122 cm³/mol. The lowest BCUT2D eigenvalue weighted by Gasteiger charge is -2.23. The first kappa shape index (κ1) is 19.6. The number of rotatable bonds is 6. The summed E-state index contributed by atoms with van der Waals surface area (Å²) in [5.41, 5.74) is 7.97. The van der Waals surface area contributed by atoms with Crippen molar-refractivity contribution in [2.24, 2.45) is 0 Å². The number of anilines is 2. The number of nitrogens with one attached hydrogen (secondary N) is 1. The number of nitrogen functional groups attached to an aromatic ring is 1. The number of nitrogens with two attached hydrogens (primary N) is 1. The van der Waals surface area contributed by atoms with E-state index in [2.05, 4.69) is 24.8 Å². The van der Waals surface area contributed by atoms with Crippen LogP contribution in [0.25, 0.3) is 10.8 Å². The van der Waals surface area contributed by atoms with Crippen LogP contribution in [0.4, 0.5) is 11.5 Å². The van der Waals surface area contributed by atoms with Gasteiger partial charge < -0.3 is 20.4 Å². The number of ether oxygens (including phenoxy) is 1. The number of aryl methyl sites for hydroxylation is 1. The Labute approximate surface area is 185 Å². The van der Waals surface area contributed by atoms with Gasteiger partial charge >= 0.3 is 0 Å². The molecule has 1 aromatic carbocycles. The van der Waals surface area contributed by atoms with Gasteiger partial charge in [0.2, 0.25) is 5.88 Å². The summed E-state index contributed by atoms with van der Waals surface area (Å²) in [6.07, 6.45) is 9.49. The molecule has 5 rings (SSSR count). The van der Waals surface area contributed by atoms with Crippen LogP contribution in [0.5, 0.6) is 5.88 Å². The normalized spacial score (nSPS) is 15.6. The van der Waals surface area contributed by atoms with E-state index in [1.807, 2.05) is 42.7 Å². The standard InChI is InChI=1S/C23H23ClN6O/c24-20-13-29-22(25)18-4-3-17(11-19(18)20)28-12-15-5-6-26-21(10-15)31-14-16-2-1-8-30-9-7-27-23(16)30/h3-7,9-11,13,16,28H,1-2,8,12,14H2,(H2,25,29). The van der Waals surface area contributed by atoms with E-state index < -0.39 is 0 Å². The van der Waals surface area contributed by atoms with Crippen molar-refractivity contribution >= 4 is 33.9 Å². The summed E-state index contributed by atoms with van der Waals surface area (Å²) < 4.78 is 8.23. The van der Waals surface area contributed by atoms with E-state index in [1.54, 1.807) is 12.4 Å². The fourth-order valence-corrected chi connectivity index (χ4v) is 4.24. The number of halogens is 1. The maximum Gasteiger partial charge on any atom is 0.213 e. The van der Waals surface area contributed by atoms with E-state index in [9.17, 15) is 0 Å². The summed E-state index contributed by atoms with van der Waals surface area (Å²) in [7, 11) is 0. The average molecular weight is 435 g/mol. The third kappa shape index (κ3) is 4.14. The Morgan fingerprint density at radius 3 is 3.00 bits per heavy atom. The van der Waals surface area contributed by atoms with Gasteiger partial charge in [0.1, 0.15) is 11.6 Å². The summed E-state index contributed by atoms with van der Waals surface area (Å²) in [5.74, 6) is 2.51. The SMILES string of the molecule is Nc1ncc(Cl)c2cc(NCc3ccnc(OCC4CCCn5ccnc54)c3)ccc12. The average Bonchev–Trinajstić information content (AvgIpc) is 3.29. The molecule has 1 aliphatic heterocycles. The van der Waals surface area contributed by atoms with Crippen LogP contribution < -0.4 is 15.8 Å². The fourth-order valence-electron chi connectivity index (χ4n) is 4.03. The van der Waals surface area contributed by atoms with Crippen LogP contribution in [-0.4, -0.2) is 26.1 Å². The van der Waals surface area contributed by atoms with Gasteiger partial charge in [0, 0.05) is 60.4 Å². The molecule has 7 nitrogen and oxygen atoms in total. The minimum atomic E-state index is 0.302. The van der Waals surface area contributed by atoms with Gasteiger partial charge in [0.25, 0.3) is 0 Å². The molecule has 158 valence electrons. The maximum atomic E-state index is 6.29. The Morgan fingerprint density at radius 1 is 1.13 bits per heavy atom. The zero-order chi connectivity index (χ0) is 21.2.